The predicted molar refractivity (Wildman–Crippen MR) is 86.1 cm³/mol. The summed E-state index contributed by atoms with van der Waals surface area (Å²) in [6.45, 7) is 5.23. The fourth-order valence-corrected chi connectivity index (χ4v) is 3.90. The third-order valence-corrected chi connectivity index (χ3v) is 4.71. The Balaban J connectivity index is 2.35. The van der Waals surface area contributed by atoms with Crippen LogP contribution < -0.4 is 0 Å². The highest BCUT2D eigenvalue weighted by atomic mass is 35.5. The fourth-order valence-electron chi connectivity index (χ4n) is 2.15. The molecular formula is C15H18ClNO4S. The zero-order chi connectivity index (χ0) is 16.5. The number of hydrogen-bond donors (Lipinski definition) is 1. The van der Waals surface area contributed by atoms with Gasteiger partial charge in [0.25, 0.3) is 0 Å². The van der Waals surface area contributed by atoms with Crippen molar-refractivity contribution in [3.05, 3.63) is 34.9 Å². The lowest BCUT2D eigenvalue weighted by molar-refractivity contribution is -0.142. The Morgan fingerprint density at radius 3 is 2.55 bits per heavy atom. The number of thioether (sulfide) groups is 1. The van der Waals surface area contributed by atoms with Crippen molar-refractivity contribution in [1.82, 2.24) is 4.90 Å². The first-order valence-electron chi connectivity index (χ1n) is 6.81. The van der Waals surface area contributed by atoms with Crippen molar-refractivity contribution >= 4 is 35.4 Å². The van der Waals surface area contributed by atoms with Gasteiger partial charge in [-0.3, -0.25) is 4.90 Å². The molecule has 1 fully saturated rings. The topological polar surface area (TPSA) is 66.8 Å². The zero-order valence-electron chi connectivity index (χ0n) is 12.6. The number of benzene rings is 1. The summed E-state index contributed by atoms with van der Waals surface area (Å²) in [5.74, 6) is -0.752. The summed E-state index contributed by atoms with van der Waals surface area (Å²) >= 11 is 7.56. The van der Waals surface area contributed by atoms with Gasteiger partial charge in [0.2, 0.25) is 0 Å². The summed E-state index contributed by atoms with van der Waals surface area (Å²) in [5.41, 5.74) is 0.0158. The van der Waals surface area contributed by atoms with Crippen molar-refractivity contribution < 1.29 is 19.4 Å². The van der Waals surface area contributed by atoms with Crippen LogP contribution in [0, 0.1) is 0 Å². The van der Waals surface area contributed by atoms with Gasteiger partial charge in [-0.2, -0.15) is 0 Å². The lowest BCUT2D eigenvalue weighted by atomic mass is 10.1. The number of hydrogen-bond acceptors (Lipinski definition) is 4. The van der Waals surface area contributed by atoms with Gasteiger partial charge in [-0.15, -0.1) is 11.8 Å². The van der Waals surface area contributed by atoms with Crippen LogP contribution in [0.15, 0.2) is 24.3 Å². The quantitative estimate of drug-likeness (QED) is 0.885. The van der Waals surface area contributed by atoms with Gasteiger partial charge in [0.15, 0.2) is 0 Å². The Morgan fingerprint density at radius 1 is 1.36 bits per heavy atom. The van der Waals surface area contributed by atoms with Gasteiger partial charge in [0, 0.05) is 16.3 Å². The van der Waals surface area contributed by atoms with Crippen LogP contribution in [0.2, 0.25) is 5.02 Å². The van der Waals surface area contributed by atoms with Gasteiger partial charge in [0.05, 0.1) is 0 Å². The number of carbonyl (C=O) groups excluding carboxylic acids is 1. The van der Waals surface area contributed by atoms with Crippen LogP contribution in [0.4, 0.5) is 4.79 Å². The third kappa shape index (κ3) is 3.67. The molecule has 1 N–H and O–H groups in total. The van der Waals surface area contributed by atoms with Crippen molar-refractivity contribution in [2.24, 2.45) is 0 Å². The Labute approximate surface area is 138 Å². The molecule has 1 aliphatic heterocycles. The highest BCUT2D eigenvalue weighted by Crippen LogP contribution is 2.44. The minimum atomic E-state index is -1.05. The van der Waals surface area contributed by atoms with E-state index in [1.807, 2.05) is 6.07 Å². The zero-order valence-corrected chi connectivity index (χ0v) is 14.1. The maximum atomic E-state index is 12.5. The van der Waals surface area contributed by atoms with E-state index < -0.39 is 29.1 Å². The molecule has 7 heteroatoms. The van der Waals surface area contributed by atoms with E-state index in [2.05, 4.69) is 0 Å². The molecule has 0 saturated carbocycles. The number of rotatable bonds is 2. The monoisotopic (exact) mass is 343 g/mol. The van der Waals surface area contributed by atoms with Crippen LogP contribution in [0.5, 0.6) is 0 Å². The first-order chi connectivity index (χ1) is 10.2. The molecule has 2 atom stereocenters. The molecular weight excluding hydrogens is 326 g/mol. The second-order valence-corrected chi connectivity index (χ2v) is 7.47. The van der Waals surface area contributed by atoms with Crippen LogP contribution in [0.3, 0.4) is 0 Å². The number of aliphatic carboxylic acids is 1. The van der Waals surface area contributed by atoms with E-state index in [4.69, 9.17) is 16.3 Å². The molecule has 1 amide bonds. The molecule has 2 rings (SSSR count). The molecule has 0 bridgehead atoms. The second-order valence-electron chi connectivity index (χ2n) is 5.95. The molecule has 0 radical (unpaired) electrons. The Kier molecular flexibility index (Phi) is 4.92. The number of halogens is 1. The van der Waals surface area contributed by atoms with Gasteiger partial charge in [-0.25, -0.2) is 9.59 Å². The summed E-state index contributed by atoms with van der Waals surface area (Å²) in [4.78, 5) is 25.2. The summed E-state index contributed by atoms with van der Waals surface area (Å²) in [6.07, 6.45) is -0.644. The van der Waals surface area contributed by atoms with Crippen molar-refractivity contribution in [2.45, 2.75) is 37.8 Å². The minimum Gasteiger partial charge on any atom is -0.480 e. The van der Waals surface area contributed by atoms with E-state index in [-0.39, 0.29) is 0 Å². The maximum absolute atomic E-state index is 12.5. The number of nitrogens with zero attached hydrogens (tertiary/aromatic N) is 1. The van der Waals surface area contributed by atoms with Gasteiger partial charge in [0.1, 0.15) is 17.0 Å². The number of carbonyl (C=O) groups is 2. The van der Waals surface area contributed by atoms with Gasteiger partial charge < -0.3 is 9.84 Å². The van der Waals surface area contributed by atoms with Gasteiger partial charge in [-0.1, -0.05) is 29.8 Å². The van der Waals surface area contributed by atoms with Crippen LogP contribution in [-0.4, -0.2) is 39.5 Å². The van der Waals surface area contributed by atoms with Crippen LogP contribution in [0.1, 0.15) is 31.7 Å². The molecule has 1 aliphatic rings. The summed E-state index contributed by atoms with van der Waals surface area (Å²) in [5, 5.41) is 9.40. The molecule has 1 aromatic carbocycles. The third-order valence-electron chi connectivity index (χ3n) is 3.06. The Morgan fingerprint density at radius 2 is 2.00 bits per heavy atom. The molecule has 0 spiro atoms. The van der Waals surface area contributed by atoms with Crippen LogP contribution >= 0.6 is 23.4 Å². The molecule has 1 heterocycles. The lowest BCUT2D eigenvalue weighted by Crippen LogP contribution is -2.45. The maximum Gasteiger partial charge on any atom is 0.412 e. The number of amides is 1. The van der Waals surface area contributed by atoms with E-state index in [9.17, 15) is 14.7 Å². The van der Waals surface area contributed by atoms with Crippen molar-refractivity contribution in [3.8, 4) is 0 Å². The van der Waals surface area contributed by atoms with Gasteiger partial charge in [-0.05, 0) is 26.8 Å². The molecule has 0 unspecified atom stereocenters. The predicted octanol–water partition coefficient (Wildman–Crippen LogP) is 3.78. The fraction of sp³-hybridized carbons (Fsp3) is 0.467. The summed E-state index contributed by atoms with van der Waals surface area (Å²) in [6, 6.07) is 6.18. The van der Waals surface area contributed by atoms with Crippen LogP contribution in [-0.2, 0) is 9.53 Å². The highest BCUT2D eigenvalue weighted by Gasteiger charge is 2.44. The molecule has 1 aromatic rings. The lowest BCUT2D eigenvalue weighted by Gasteiger charge is -2.30. The molecule has 0 aromatic heterocycles. The number of carboxylic acids is 1. The van der Waals surface area contributed by atoms with E-state index in [0.717, 1.165) is 0 Å². The molecule has 1 saturated heterocycles. The standard InChI is InChI=1S/C15H18ClNO4S/c1-15(2,3)21-14(20)17-11(13(18)19)8-22-12(17)9-6-4-5-7-10(9)16/h4-7,11-12H,8H2,1-3H3,(H,18,19)/t11-,12-/m0/s1. The largest absolute Gasteiger partial charge is 0.480 e. The molecule has 0 aliphatic carbocycles. The van der Waals surface area contributed by atoms with E-state index in [1.54, 1.807) is 39.0 Å². The van der Waals surface area contributed by atoms with Gasteiger partial charge >= 0.3 is 12.1 Å². The second kappa shape index (κ2) is 6.38. The Hall–Kier alpha value is -1.40. The van der Waals surface area contributed by atoms with Crippen molar-refractivity contribution in [3.63, 3.8) is 0 Å². The molecule has 22 heavy (non-hydrogen) atoms. The molecule has 120 valence electrons. The SMILES string of the molecule is CC(C)(C)OC(=O)N1[C@H](C(=O)O)CS[C@H]1c1ccccc1Cl. The normalized spacial score (nSPS) is 21.7. The minimum absolute atomic E-state index is 0.296. The summed E-state index contributed by atoms with van der Waals surface area (Å²) < 4.78 is 5.36. The number of ether oxygens (including phenoxy) is 1. The Bertz CT molecular complexity index is 587. The van der Waals surface area contributed by atoms with Crippen LogP contribution in [0.25, 0.3) is 0 Å². The average Bonchev–Trinajstić information content (AvgIpc) is 2.82. The highest BCUT2D eigenvalue weighted by molar-refractivity contribution is 7.99. The molecule has 5 nitrogen and oxygen atoms in total. The first-order valence-corrected chi connectivity index (χ1v) is 8.23. The number of carboxylic acid groups (broad SMARTS) is 1. The first kappa shape index (κ1) is 17.0. The van der Waals surface area contributed by atoms with Crippen molar-refractivity contribution in [1.29, 1.82) is 0 Å². The average molecular weight is 344 g/mol. The van der Waals surface area contributed by atoms with E-state index >= 15 is 0 Å². The smallest absolute Gasteiger partial charge is 0.412 e. The van der Waals surface area contributed by atoms with Crippen molar-refractivity contribution in [2.75, 3.05) is 5.75 Å². The van der Waals surface area contributed by atoms with E-state index in [0.29, 0.717) is 16.3 Å². The van der Waals surface area contributed by atoms with E-state index in [1.165, 1.54) is 16.7 Å². The summed E-state index contributed by atoms with van der Waals surface area (Å²) in [7, 11) is 0.